The molecule has 3 aliphatic carbocycles. The lowest BCUT2D eigenvalue weighted by Gasteiger charge is -2.59. The van der Waals surface area contributed by atoms with Crippen molar-refractivity contribution >= 4 is 23.1 Å². The number of ketones is 3. The van der Waals surface area contributed by atoms with Gasteiger partial charge in [-0.2, -0.15) is 0 Å². The average molecular weight is 677 g/mol. The maximum atomic E-state index is 14.7. The molecule has 0 aromatic heterocycles. The fourth-order valence-corrected chi connectivity index (χ4v) is 9.61. The quantitative estimate of drug-likeness (QED) is 0.133. The number of fused-ring (bicyclic) bond motifs is 3. The molecule has 4 atom stereocenters. The van der Waals surface area contributed by atoms with Crippen LogP contribution in [-0.4, -0.2) is 43.4 Å². The Hall–Kier alpha value is -4.49. The lowest BCUT2D eigenvalue weighted by molar-refractivity contribution is -0.178. The smallest absolute Gasteiger partial charge is 0.203 e. The van der Waals surface area contributed by atoms with E-state index < -0.39 is 56.8 Å². The van der Waals surface area contributed by atoms with Crippen LogP contribution in [-0.2, 0) is 40.1 Å². The van der Waals surface area contributed by atoms with E-state index in [1.54, 1.807) is 20.8 Å². The molecule has 3 aromatic carbocycles. The highest BCUT2D eigenvalue weighted by atomic mass is 16.3. The lowest BCUT2D eigenvalue weighted by atomic mass is 9.43. The van der Waals surface area contributed by atoms with E-state index in [2.05, 4.69) is 49.4 Å². The minimum absolute atomic E-state index is 0.0576. The monoisotopic (exact) mass is 676 g/mol. The predicted octanol–water partition coefficient (Wildman–Crippen LogP) is 7.98. The van der Waals surface area contributed by atoms with Crippen molar-refractivity contribution in [2.24, 2.45) is 22.7 Å². The van der Waals surface area contributed by atoms with Gasteiger partial charge in [-0.05, 0) is 97.2 Å². The van der Waals surface area contributed by atoms with E-state index in [0.29, 0.717) is 5.56 Å². The maximum absolute atomic E-state index is 14.7. The largest absolute Gasteiger partial charge is 0.508 e. The Bertz CT molecular complexity index is 1970. The molecule has 6 rings (SSSR count). The Labute approximate surface area is 294 Å². The summed E-state index contributed by atoms with van der Waals surface area (Å²) in [4.78, 5) is 41.2. The van der Waals surface area contributed by atoms with Crippen LogP contribution >= 0.6 is 0 Å². The summed E-state index contributed by atoms with van der Waals surface area (Å²) in [6.45, 7) is 10.3. The van der Waals surface area contributed by atoms with Crippen molar-refractivity contribution < 1.29 is 34.8 Å². The second-order valence-electron chi connectivity index (χ2n) is 15.5. The second-order valence-corrected chi connectivity index (χ2v) is 15.5. The summed E-state index contributed by atoms with van der Waals surface area (Å²) in [5.41, 5.74) is 0.339. The van der Waals surface area contributed by atoms with Gasteiger partial charge < -0.3 is 20.4 Å². The molecule has 0 aliphatic heterocycles. The first-order valence-corrected chi connectivity index (χ1v) is 17.8. The molecule has 50 heavy (non-hydrogen) atoms. The molecule has 7 nitrogen and oxygen atoms in total. The number of aliphatic hydroxyl groups is 3. The third kappa shape index (κ3) is 5.24. The van der Waals surface area contributed by atoms with Crippen LogP contribution < -0.4 is 0 Å². The van der Waals surface area contributed by atoms with E-state index >= 15 is 0 Å². The molecule has 1 saturated carbocycles. The number of hydrogen-bond acceptors (Lipinski definition) is 7. The Morgan fingerprint density at radius 3 is 2.18 bits per heavy atom. The molecule has 4 N–H and O–H groups in total. The average Bonchev–Trinajstić information content (AvgIpc) is 3.05. The Morgan fingerprint density at radius 2 is 1.56 bits per heavy atom. The molecule has 0 radical (unpaired) electrons. The van der Waals surface area contributed by atoms with Crippen molar-refractivity contribution in [3.05, 3.63) is 105 Å². The number of rotatable bonds is 9. The number of unbranched alkanes of at least 4 members (excludes halogenated alkanes) is 1. The number of aromatic hydroxyl groups is 1. The van der Waals surface area contributed by atoms with Crippen molar-refractivity contribution in [3.63, 3.8) is 0 Å². The van der Waals surface area contributed by atoms with Crippen molar-refractivity contribution in [3.8, 4) is 16.9 Å². The molecule has 7 heteroatoms. The number of allylic oxidation sites excluding steroid dienone is 1. The number of carbonyl (C=O) groups excluding carboxylic acids is 3. The van der Waals surface area contributed by atoms with Crippen LogP contribution in [0.2, 0.25) is 0 Å². The minimum Gasteiger partial charge on any atom is -0.508 e. The van der Waals surface area contributed by atoms with Crippen LogP contribution in [0.25, 0.3) is 16.9 Å². The zero-order valence-corrected chi connectivity index (χ0v) is 29.9. The zero-order valence-electron chi connectivity index (χ0n) is 29.9. The standard InChI is InChI=1S/C43H48O7/c1-7-28-18-17-27(16-12-11-15-26-13-9-8-10-14-26)21-30(28)29-19-20-32(45)34-31(29)22-41(5)23-42(6)35(24(2)3)37(46)33(25(4)44)39(48)43(42,50)40(49)36(41)38(34)47/h8-10,13-14,17-21,24,35,45,47-48,50H,7,11-12,15-16,22-23H2,1-6H3/t35?,41-,42-,43+/m1/s1. The molecule has 262 valence electrons. The van der Waals surface area contributed by atoms with E-state index in [1.807, 2.05) is 19.1 Å². The van der Waals surface area contributed by atoms with Crippen LogP contribution in [0.1, 0.15) is 88.6 Å². The van der Waals surface area contributed by atoms with Gasteiger partial charge in [0.05, 0.1) is 5.56 Å². The first kappa shape index (κ1) is 35.3. The molecule has 0 amide bonds. The highest BCUT2D eigenvalue weighted by Gasteiger charge is 2.72. The van der Waals surface area contributed by atoms with Crippen LogP contribution in [0, 0.1) is 22.7 Å². The van der Waals surface area contributed by atoms with E-state index in [9.17, 15) is 34.8 Å². The van der Waals surface area contributed by atoms with Gasteiger partial charge in [0.1, 0.15) is 22.8 Å². The van der Waals surface area contributed by atoms with Crippen molar-refractivity contribution in [2.75, 3.05) is 0 Å². The highest BCUT2D eigenvalue weighted by Crippen LogP contribution is 2.65. The predicted molar refractivity (Wildman–Crippen MR) is 194 cm³/mol. The van der Waals surface area contributed by atoms with Gasteiger partial charge in [-0.15, -0.1) is 0 Å². The van der Waals surface area contributed by atoms with E-state index in [4.69, 9.17) is 0 Å². The van der Waals surface area contributed by atoms with Gasteiger partial charge in [0.2, 0.25) is 5.78 Å². The Kier molecular flexibility index (Phi) is 8.96. The fraction of sp³-hybridized carbons (Fsp3) is 0.419. The zero-order chi connectivity index (χ0) is 36.3. The number of carbonyl (C=O) groups is 3. The molecule has 1 unspecified atom stereocenters. The first-order valence-electron chi connectivity index (χ1n) is 17.8. The van der Waals surface area contributed by atoms with Gasteiger partial charge in [0.25, 0.3) is 0 Å². The Morgan fingerprint density at radius 1 is 0.900 bits per heavy atom. The van der Waals surface area contributed by atoms with Crippen LogP contribution in [0.4, 0.5) is 0 Å². The SMILES string of the molecule is CCc1ccc(CCCCc2ccccc2)cc1-c1ccc(O)c2c1C[C@]1(C)C[C@]3(C)C(C(C)C)C(=O)C(C(C)=O)=C(O)[C@]3(O)C(=O)C1=C2O. The number of phenolic OH excluding ortho intramolecular Hbond substituents is 1. The molecule has 0 heterocycles. The van der Waals surface area contributed by atoms with Gasteiger partial charge >= 0.3 is 0 Å². The summed E-state index contributed by atoms with van der Waals surface area (Å²) in [5, 5.41) is 47.0. The summed E-state index contributed by atoms with van der Waals surface area (Å²) in [7, 11) is 0. The molecule has 3 aliphatic rings. The van der Waals surface area contributed by atoms with Gasteiger partial charge in [-0.25, -0.2) is 0 Å². The summed E-state index contributed by atoms with van der Waals surface area (Å²) < 4.78 is 0. The molecule has 3 aromatic rings. The molecular weight excluding hydrogens is 628 g/mol. The van der Waals surface area contributed by atoms with E-state index in [1.165, 1.54) is 17.2 Å². The fourth-order valence-electron chi connectivity index (χ4n) is 9.61. The minimum atomic E-state index is -2.63. The van der Waals surface area contributed by atoms with Gasteiger partial charge in [0.15, 0.2) is 17.2 Å². The van der Waals surface area contributed by atoms with Crippen LogP contribution in [0.15, 0.2) is 77.6 Å². The van der Waals surface area contributed by atoms with E-state index in [-0.39, 0.29) is 35.6 Å². The van der Waals surface area contributed by atoms with Crippen LogP contribution in [0.5, 0.6) is 5.75 Å². The number of aliphatic hydroxyl groups excluding tert-OH is 2. The molecule has 0 bridgehead atoms. The van der Waals surface area contributed by atoms with E-state index in [0.717, 1.165) is 55.7 Å². The Balaban J connectivity index is 1.46. The van der Waals surface area contributed by atoms with Crippen molar-refractivity contribution in [1.82, 2.24) is 0 Å². The summed E-state index contributed by atoms with van der Waals surface area (Å²) in [5.74, 6) is -5.25. The lowest BCUT2D eigenvalue weighted by Crippen LogP contribution is -2.69. The number of Topliss-reactive ketones (excluding diaryl/α,β-unsaturated/α-hetero) is 3. The van der Waals surface area contributed by atoms with Gasteiger partial charge in [-0.1, -0.05) is 89.2 Å². The normalized spacial score (nSPS) is 26.2. The number of benzene rings is 3. The van der Waals surface area contributed by atoms with Crippen molar-refractivity contribution in [1.29, 1.82) is 0 Å². The number of hydrogen-bond donors (Lipinski definition) is 4. The molecule has 0 spiro atoms. The molecule has 0 saturated heterocycles. The number of aryl methyl sites for hydroxylation is 3. The van der Waals surface area contributed by atoms with Crippen LogP contribution in [0.3, 0.4) is 0 Å². The summed E-state index contributed by atoms with van der Waals surface area (Å²) in [6.07, 6.45) is 5.03. The highest BCUT2D eigenvalue weighted by molar-refractivity contribution is 6.24. The molecule has 1 fully saturated rings. The number of phenols is 1. The van der Waals surface area contributed by atoms with Crippen molar-refractivity contribution in [2.45, 2.75) is 92.1 Å². The topological polar surface area (TPSA) is 132 Å². The maximum Gasteiger partial charge on any atom is 0.203 e. The second kappa shape index (κ2) is 12.7. The first-order chi connectivity index (χ1) is 23.6. The van der Waals surface area contributed by atoms with Gasteiger partial charge in [-0.3, -0.25) is 14.4 Å². The third-order valence-corrected chi connectivity index (χ3v) is 11.8. The summed E-state index contributed by atoms with van der Waals surface area (Å²) in [6, 6.07) is 20.3. The molecular formula is C43H48O7. The van der Waals surface area contributed by atoms with Gasteiger partial charge in [0, 0.05) is 22.3 Å². The third-order valence-electron chi connectivity index (χ3n) is 11.8. The summed E-state index contributed by atoms with van der Waals surface area (Å²) >= 11 is 0.